The van der Waals surface area contributed by atoms with Crippen LogP contribution in [0.4, 0.5) is 0 Å². The van der Waals surface area contributed by atoms with E-state index in [0.717, 1.165) is 5.75 Å². The fraction of sp³-hybridized carbons (Fsp3) is 0.909. The summed E-state index contributed by atoms with van der Waals surface area (Å²) >= 11 is 7.33. The third-order valence-corrected chi connectivity index (χ3v) is 6.23. The van der Waals surface area contributed by atoms with Crippen LogP contribution < -0.4 is 5.32 Å². The number of rotatable bonds is 20. The maximum absolute atomic E-state index is 11.7. The number of unbranched alkanes of at least 4 members (excludes halogenated alkanes) is 13. The van der Waals surface area contributed by atoms with E-state index in [-0.39, 0.29) is 17.6 Å². The van der Waals surface area contributed by atoms with Gasteiger partial charge < -0.3 is 5.32 Å². The molecule has 1 N–H and O–H groups in total. The summed E-state index contributed by atoms with van der Waals surface area (Å²) in [6.45, 7) is 3.71. The van der Waals surface area contributed by atoms with E-state index in [9.17, 15) is 9.59 Å². The molecule has 0 unspecified atom stereocenters. The quantitative estimate of drug-likeness (QED) is 0.180. The molecule has 1 atom stereocenters. The summed E-state index contributed by atoms with van der Waals surface area (Å²) in [6.07, 6.45) is 19.1. The molecule has 0 saturated heterocycles. The molecule has 0 aromatic rings. The number of nitrogens with one attached hydrogen (secondary N) is 1. The highest BCUT2D eigenvalue weighted by atomic mass is 35.5. The van der Waals surface area contributed by atoms with Gasteiger partial charge in [0, 0.05) is 12.7 Å². The average Bonchev–Trinajstić information content (AvgIpc) is 2.65. The summed E-state index contributed by atoms with van der Waals surface area (Å²) in [4.78, 5) is 22.8. The fourth-order valence-electron chi connectivity index (χ4n) is 3.15. The van der Waals surface area contributed by atoms with Crippen LogP contribution in [0.5, 0.6) is 0 Å². The molecular formula is C22H42ClNO2S. The van der Waals surface area contributed by atoms with Crippen molar-refractivity contribution in [3.63, 3.8) is 0 Å². The van der Waals surface area contributed by atoms with E-state index in [4.69, 9.17) is 11.6 Å². The van der Waals surface area contributed by atoms with Gasteiger partial charge in [0.15, 0.2) is 5.78 Å². The van der Waals surface area contributed by atoms with Crippen LogP contribution in [0.15, 0.2) is 0 Å². The fourth-order valence-corrected chi connectivity index (χ4v) is 4.42. The standard InChI is InChI=1S/C22H42ClNO2S/c1-3-4-5-6-7-8-9-10-11-12-13-14-15-16-17-27-19-21(22(26)18-23)24-20(2)25/h21H,3-19H2,1-2H3,(H,24,25)/t21-/m0/s1. The van der Waals surface area contributed by atoms with Gasteiger partial charge in [0.1, 0.15) is 0 Å². The first-order valence-corrected chi connectivity index (χ1v) is 12.7. The zero-order valence-corrected chi connectivity index (χ0v) is 19.3. The van der Waals surface area contributed by atoms with Gasteiger partial charge in [0.2, 0.25) is 5.91 Å². The first-order chi connectivity index (χ1) is 13.1. The Bertz CT molecular complexity index is 366. The molecule has 0 aromatic heterocycles. The van der Waals surface area contributed by atoms with Gasteiger partial charge in [-0.1, -0.05) is 90.4 Å². The Morgan fingerprint density at radius 3 is 1.67 bits per heavy atom. The van der Waals surface area contributed by atoms with Gasteiger partial charge in [-0.3, -0.25) is 9.59 Å². The van der Waals surface area contributed by atoms with Crippen LogP contribution in [0.1, 0.15) is 104 Å². The van der Waals surface area contributed by atoms with Crippen molar-refractivity contribution in [1.82, 2.24) is 5.32 Å². The van der Waals surface area contributed by atoms with Crippen LogP contribution >= 0.6 is 23.4 Å². The lowest BCUT2D eigenvalue weighted by atomic mass is 10.0. The van der Waals surface area contributed by atoms with Gasteiger partial charge in [0.25, 0.3) is 0 Å². The van der Waals surface area contributed by atoms with E-state index in [1.165, 1.54) is 96.8 Å². The Kier molecular flexibility index (Phi) is 20.3. The van der Waals surface area contributed by atoms with Crippen molar-refractivity contribution in [3.8, 4) is 0 Å². The smallest absolute Gasteiger partial charge is 0.217 e. The summed E-state index contributed by atoms with van der Waals surface area (Å²) in [5.41, 5.74) is 0. The highest BCUT2D eigenvalue weighted by molar-refractivity contribution is 7.99. The molecule has 3 nitrogen and oxygen atoms in total. The number of hydrogen-bond donors (Lipinski definition) is 1. The molecule has 0 rings (SSSR count). The van der Waals surface area contributed by atoms with Crippen molar-refractivity contribution in [2.45, 2.75) is 110 Å². The Morgan fingerprint density at radius 2 is 1.26 bits per heavy atom. The van der Waals surface area contributed by atoms with Gasteiger partial charge >= 0.3 is 0 Å². The molecule has 0 aromatic carbocycles. The lowest BCUT2D eigenvalue weighted by molar-refractivity contribution is -0.124. The average molecular weight is 420 g/mol. The number of carbonyl (C=O) groups excluding carboxylic acids is 2. The van der Waals surface area contributed by atoms with Crippen LogP contribution in [0.25, 0.3) is 0 Å². The Labute approximate surface area is 177 Å². The Balaban J connectivity index is 3.34. The number of ketones is 1. The second-order valence-corrected chi connectivity index (χ2v) is 8.94. The van der Waals surface area contributed by atoms with Gasteiger partial charge in [-0.05, 0) is 12.2 Å². The predicted molar refractivity (Wildman–Crippen MR) is 121 cm³/mol. The summed E-state index contributed by atoms with van der Waals surface area (Å²) < 4.78 is 0. The molecule has 0 aliphatic heterocycles. The summed E-state index contributed by atoms with van der Waals surface area (Å²) in [5.74, 6) is 1.37. The topological polar surface area (TPSA) is 46.2 Å². The first-order valence-electron chi connectivity index (χ1n) is 11.0. The molecule has 0 radical (unpaired) electrons. The molecule has 0 aliphatic carbocycles. The van der Waals surface area contributed by atoms with Gasteiger partial charge in [-0.25, -0.2) is 0 Å². The lowest BCUT2D eigenvalue weighted by Crippen LogP contribution is -2.42. The lowest BCUT2D eigenvalue weighted by Gasteiger charge is -2.15. The van der Waals surface area contributed by atoms with E-state index < -0.39 is 6.04 Å². The van der Waals surface area contributed by atoms with Gasteiger partial charge in [-0.2, -0.15) is 11.8 Å². The number of halogens is 1. The molecule has 0 bridgehead atoms. The molecule has 160 valence electrons. The summed E-state index contributed by atoms with van der Waals surface area (Å²) in [5, 5.41) is 2.69. The van der Waals surface area contributed by atoms with Crippen molar-refractivity contribution in [1.29, 1.82) is 0 Å². The number of thioether (sulfide) groups is 1. The van der Waals surface area contributed by atoms with Crippen molar-refractivity contribution in [2.24, 2.45) is 0 Å². The second-order valence-electron chi connectivity index (χ2n) is 7.52. The summed E-state index contributed by atoms with van der Waals surface area (Å²) in [6, 6.07) is -0.434. The minimum Gasteiger partial charge on any atom is -0.346 e. The number of hydrogen-bond acceptors (Lipinski definition) is 3. The summed E-state index contributed by atoms with van der Waals surface area (Å²) in [7, 11) is 0. The number of carbonyl (C=O) groups is 2. The Morgan fingerprint density at radius 1 is 0.815 bits per heavy atom. The predicted octanol–water partition coefficient (Wildman–Crippen LogP) is 6.51. The van der Waals surface area contributed by atoms with E-state index >= 15 is 0 Å². The molecule has 0 aliphatic rings. The van der Waals surface area contributed by atoms with E-state index in [2.05, 4.69) is 12.2 Å². The van der Waals surface area contributed by atoms with Crippen molar-refractivity contribution in [3.05, 3.63) is 0 Å². The molecule has 27 heavy (non-hydrogen) atoms. The second kappa shape index (κ2) is 20.5. The van der Waals surface area contributed by atoms with E-state index in [1.807, 2.05) is 0 Å². The van der Waals surface area contributed by atoms with Crippen molar-refractivity contribution >= 4 is 35.1 Å². The molecule has 0 spiro atoms. The largest absolute Gasteiger partial charge is 0.346 e. The van der Waals surface area contributed by atoms with Gasteiger partial charge in [0.05, 0.1) is 11.9 Å². The monoisotopic (exact) mass is 419 g/mol. The zero-order chi connectivity index (χ0) is 20.2. The maximum Gasteiger partial charge on any atom is 0.217 e. The molecule has 0 fully saturated rings. The highest BCUT2D eigenvalue weighted by Crippen LogP contribution is 2.14. The molecule has 1 amide bonds. The highest BCUT2D eigenvalue weighted by Gasteiger charge is 2.17. The van der Waals surface area contributed by atoms with Crippen LogP contribution in [0.3, 0.4) is 0 Å². The third kappa shape index (κ3) is 18.9. The van der Waals surface area contributed by atoms with Crippen molar-refractivity contribution < 1.29 is 9.59 Å². The minimum absolute atomic E-state index is 0.0373. The SMILES string of the molecule is CCCCCCCCCCCCCCCCSC[C@H](NC(C)=O)C(=O)CCl. The third-order valence-electron chi connectivity index (χ3n) is 4.82. The molecule has 5 heteroatoms. The Hall–Kier alpha value is -0.220. The molecule has 0 heterocycles. The van der Waals surface area contributed by atoms with Gasteiger partial charge in [-0.15, -0.1) is 11.6 Å². The number of amides is 1. The van der Waals surface area contributed by atoms with Crippen LogP contribution in [-0.4, -0.2) is 35.1 Å². The van der Waals surface area contributed by atoms with Crippen molar-refractivity contribution in [2.75, 3.05) is 17.4 Å². The zero-order valence-electron chi connectivity index (χ0n) is 17.7. The number of alkyl halides is 1. The van der Waals surface area contributed by atoms with Crippen LogP contribution in [0, 0.1) is 0 Å². The molecular weight excluding hydrogens is 378 g/mol. The van der Waals surface area contributed by atoms with Crippen LogP contribution in [0.2, 0.25) is 0 Å². The maximum atomic E-state index is 11.7. The first kappa shape index (κ1) is 26.8. The van der Waals surface area contributed by atoms with E-state index in [1.54, 1.807) is 11.8 Å². The molecule has 0 saturated carbocycles. The number of Topliss-reactive ketones (excluding diaryl/α,β-unsaturated/α-hetero) is 1. The van der Waals surface area contributed by atoms with Crippen LogP contribution in [-0.2, 0) is 9.59 Å². The minimum atomic E-state index is -0.434. The normalized spacial score (nSPS) is 12.1. The van der Waals surface area contributed by atoms with E-state index in [0.29, 0.717) is 5.75 Å².